The first kappa shape index (κ1) is 24.9. The molecule has 1 aromatic carbocycles. The average Bonchev–Trinajstić information content (AvgIpc) is 2.99. The Kier molecular flexibility index (Phi) is 7.87. The van der Waals surface area contributed by atoms with Crippen molar-refractivity contribution in [3.8, 4) is 5.88 Å². The van der Waals surface area contributed by atoms with Crippen LogP contribution in [0, 0.1) is 13.8 Å². The molecule has 0 unspecified atom stereocenters. The van der Waals surface area contributed by atoms with Crippen molar-refractivity contribution in [2.75, 3.05) is 12.9 Å². The third-order valence-electron chi connectivity index (χ3n) is 5.51. The lowest BCUT2D eigenvalue weighted by Crippen LogP contribution is -2.12. The van der Waals surface area contributed by atoms with Gasteiger partial charge in [0.1, 0.15) is 5.56 Å². The largest absolute Gasteiger partial charge is 0.478 e. The van der Waals surface area contributed by atoms with Crippen molar-refractivity contribution in [1.29, 1.82) is 0 Å². The summed E-state index contributed by atoms with van der Waals surface area (Å²) >= 11 is 0. The number of unbranched alkanes of at least 4 members (excludes halogenated alkanes) is 1. The monoisotopic (exact) mass is 446 g/mol. The molecule has 0 saturated carbocycles. The van der Waals surface area contributed by atoms with Crippen LogP contribution in [0.25, 0.3) is 5.57 Å². The minimum absolute atomic E-state index is 0.205. The predicted octanol–water partition coefficient (Wildman–Crippen LogP) is 5.15. The molecule has 6 nitrogen and oxygen atoms in total. The molecule has 0 aliphatic heterocycles. The van der Waals surface area contributed by atoms with Crippen LogP contribution in [0.3, 0.4) is 0 Å². The third-order valence-corrected chi connectivity index (χ3v) is 6.65. The van der Waals surface area contributed by atoms with E-state index < -0.39 is 9.84 Å². The third kappa shape index (κ3) is 5.09. The number of ether oxygens (including phenoxy) is 1. The maximum Gasteiger partial charge on any atom is 0.223 e. The number of carbonyl (C=O) groups is 1. The summed E-state index contributed by atoms with van der Waals surface area (Å²) in [6.07, 6.45) is 3.13. The molecule has 0 N–H and O–H groups in total. The fourth-order valence-corrected chi connectivity index (χ4v) is 4.65. The fourth-order valence-electron chi connectivity index (χ4n) is 3.66. The molecule has 31 heavy (non-hydrogen) atoms. The molecule has 0 saturated heterocycles. The molecule has 0 spiro atoms. The quantitative estimate of drug-likeness (QED) is 0.498. The minimum Gasteiger partial charge on any atom is -0.478 e. The number of allylic oxidation sites excluding steroid dienone is 2. The second kappa shape index (κ2) is 9.81. The second-order valence-electron chi connectivity index (χ2n) is 8.11. The molecule has 0 aliphatic carbocycles. The van der Waals surface area contributed by atoms with Crippen molar-refractivity contribution < 1.29 is 17.9 Å². The number of aromatic nitrogens is 2. The van der Waals surface area contributed by atoms with Crippen LogP contribution in [0.1, 0.15) is 80.2 Å². The lowest BCUT2D eigenvalue weighted by atomic mass is 9.91. The molecular weight excluding hydrogens is 412 g/mol. The number of carbonyl (C=O) groups excluding carboxylic acids is 1. The molecule has 1 aromatic heterocycles. The Morgan fingerprint density at radius 2 is 1.74 bits per heavy atom. The summed E-state index contributed by atoms with van der Waals surface area (Å²) in [4.78, 5) is 13.9. The zero-order valence-electron chi connectivity index (χ0n) is 19.9. The molecule has 0 atom stereocenters. The van der Waals surface area contributed by atoms with Gasteiger partial charge in [0.15, 0.2) is 9.84 Å². The Bertz CT molecular complexity index is 1120. The van der Waals surface area contributed by atoms with Crippen molar-refractivity contribution in [2.24, 2.45) is 0 Å². The maximum absolute atomic E-state index is 13.7. The van der Waals surface area contributed by atoms with Crippen LogP contribution in [0.4, 0.5) is 0 Å². The zero-order chi connectivity index (χ0) is 23.5. The van der Waals surface area contributed by atoms with Gasteiger partial charge >= 0.3 is 0 Å². The van der Waals surface area contributed by atoms with Crippen molar-refractivity contribution in [3.05, 3.63) is 45.7 Å². The van der Waals surface area contributed by atoms with E-state index in [4.69, 9.17) is 4.74 Å². The van der Waals surface area contributed by atoms with E-state index in [9.17, 15) is 13.2 Å². The Morgan fingerprint density at radius 1 is 1.10 bits per heavy atom. The fraction of sp³-hybridized carbons (Fsp3) is 0.500. The molecule has 0 aliphatic rings. The summed E-state index contributed by atoms with van der Waals surface area (Å²) < 4.78 is 32.5. The molecular formula is C24H34N2O4S. The second-order valence-corrected chi connectivity index (χ2v) is 10.1. The summed E-state index contributed by atoms with van der Waals surface area (Å²) in [6.45, 7) is 14.4. The summed E-state index contributed by atoms with van der Waals surface area (Å²) in [6, 6.07) is 3.14. The Labute approximate surface area is 186 Å². The molecule has 2 aromatic rings. The van der Waals surface area contributed by atoms with E-state index in [2.05, 4.69) is 12.0 Å². The first-order valence-corrected chi connectivity index (χ1v) is 12.6. The first-order valence-electron chi connectivity index (χ1n) is 10.7. The normalized spacial score (nSPS) is 11.5. The number of nitrogens with zero attached hydrogens (tertiary/aromatic N) is 2. The summed E-state index contributed by atoms with van der Waals surface area (Å²) in [5.41, 5.74) is 4.61. The van der Waals surface area contributed by atoms with E-state index in [-0.39, 0.29) is 10.7 Å². The number of ketones is 1. The summed E-state index contributed by atoms with van der Waals surface area (Å²) in [5.74, 6) is 0.273. The van der Waals surface area contributed by atoms with Crippen molar-refractivity contribution in [1.82, 2.24) is 9.78 Å². The smallest absolute Gasteiger partial charge is 0.223 e. The van der Waals surface area contributed by atoms with Gasteiger partial charge in [0, 0.05) is 18.4 Å². The molecule has 2 rings (SSSR count). The number of sulfone groups is 1. The van der Waals surface area contributed by atoms with Gasteiger partial charge in [0.25, 0.3) is 0 Å². The van der Waals surface area contributed by atoms with Crippen molar-refractivity contribution >= 4 is 21.2 Å². The molecule has 170 valence electrons. The Balaban J connectivity index is 2.76. The van der Waals surface area contributed by atoms with Gasteiger partial charge in [-0.25, -0.2) is 13.1 Å². The Morgan fingerprint density at radius 3 is 2.26 bits per heavy atom. The first-order chi connectivity index (χ1) is 14.4. The highest BCUT2D eigenvalue weighted by Gasteiger charge is 2.28. The van der Waals surface area contributed by atoms with E-state index in [0.717, 1.165) is 24.0 Å². The van der Waals surface area contributed by atoms with E-state index in [0.29, 0.717) is 47.0 Å². The van der Waals surface area contributed by atoms with E-state index in [1.807, 2.05) is 27.7 Å². The highest BCUT2D eigenvalue weighted by atomic mass is 32.2. The molecule has 1 heterocycles. The van der Waals surface area contributed by atoms with Crippen molar-refractivity contribution in [2.45, 2.75) is 72.7 Å². The maximum atomic E-state index is 13.7. The number of benzene rings is 1. The van der Waals surface area contributed by atoms with Crippen molar-refractivity contribution in [3.63, 3.8) is 0 Å². The van der Waals surface area contributed by atoms with E-state index in [1.54, 1.807) is 24.6 Å². The van der Waals surface area contributed by atoms with Crippen LogP contribution in [-0.2, 0) is 16.4 Å². The van der Waals surface area contributed by atoms with Gasteiger partial charge in [-0.2, -0.15) is 5.10 Å². The SMILES string of the molecule is CCCCn1nc(C)c(C(=O)c2ccc(S(C)(=O)=O)c(C(C)=C(C)C)c2C)c1OCC. The van der Waals surface area contributed by atoms with E-state index in [1.165, 1.54) is 12.3 Å². The van der Waals surface area contributed by atoms with Crippen LogP contribution in [0.5, 0.6) is 5.88 Å². The predicted molar refractivity (Wildman–Crippen MR) is 125 cm³/mol. The lowest BCUT2D eigenvalue weighted by molar-refractivity contribution is 0.103. The van der Waals surface area contributed by atoms with Gasteiger partial charge in [0.05, 0.1) is 17.2 Å². The minimum atomic E-state index is -3.46. The van der Waals surface area contributed by atoms with Gasteiger partial charge in [-0.05, 0) is 76.8 Å². The van der Waals surface area contributed by atoms with Gasteiger partial charge < -0.3 is 4.74 Å². The highest BCUT2D eigenvalue weighted by Crippen LogP contribution is 2.34. The standard InChI is InChI=1S/C24H34N2O4S/c1-9-11-14-26-24(30-10-2)22(18(7)25-26)23(27)19-12-13-20(31(8,28)29)21(17(19)6)16(5)15(3)4/h12-13H,9-11,14H2,1-8H3. The molecule has 7 heteroatoms. The lowest BCUT2D eigenvalue weighted by Gasteiger charge is -2.17. The summed E-state index contributed by atoms with van der Waals surface area (Å²) in [7, 11) is -3.46. The number of rotatable bonds is 9. The molecule has 0 bridgehead atoms. The van der Waals surface area contributed by atoms with Crippen LogP contribution in [0.2, 0.25) is 0 Å². The van der Waals surface area contributed by atoms with E-state index >= 15 is 0 Å². The van der Waals surface area contributed by atoms with Crippen LogP contribution in [-0.4, -0.2) is 36.8 Å². The van der Waals surface area contributed by atoms with Gasteiger partial charge in [-0.1, -0.05) is 18.9 Å². The highest BCUT2D eigenvalue weighted by molar-refractivity contribution is 7.90. The average molecular weight is 447 g/mol. The molecule has 0 radical (unpaired) electrons. The zero-order valence-corrected chi connectivity index (χ0v) is 20.7. The van der Waals surface area contributed by atoms with Gasteiger partial charge in [-0.15, -0.1) is 0 Å². The Hall–Kier alpha value is -2.41. The van der Waals surface area contributed by atoms with Gasteiger partial charge in [0.2, 0.25) is 11.7 Å². The number of hydrogen-bond donors (Lipinski definition) is 0. The van der Waals surface area contributed by atoms with Crippen LogP contribution < -0.4 is 4.74 Å². The number of hydrogen-bond acceptors (Lipinski definition) is 5. The topological polar surface area (TPSA) is 78.3 Å². The summed E-state index contributed by atoms with van der Waals surface area (Å²) in [5, 5.41) is 4.55. The van der Waals surface area contributed by atoms with Crippen LogP contribution in [0.15, 0.2) is 22.6 Å². The molecule has 0 fully saturated rings. The molecule has 0 amide bonds. The van der Waals surface area contributed by atoms with Gasteiger partial charge in [-0.3, -0.25) is 4.79 Å². The van der Waals surface area contributed by atoms with Crippen LogP contribution >= 0.6 is 0 Å². The number of aryl methyl sites for hydroxylation is 2.